The predicted molar refractivity (Wildman–Crippen MR) is 145 cm³/mol. The van der Waals surface area contributed by atoms with Gasteiger partial charge in [-0.25, -0.2) is 9.97 Å². The number of hydrogen-bond donors (Lipinski definition) is 1. The van der Waals surface area contributed by atoms with E-state index in [2.05, 4.69) is 37.3 Å². The predicted octanol–water partition coefficient (Wildman–Crippen LogP) is 4.68. The quantitative estimate of drug-likeness (QED) is 0.416. The van der Waals surface area contributed by atoms with E-state index in [4.69, 9.17) is 21.4 Å². The molecule has 0 bridgehead atoms. The summed E-state index contributed by atoms with van der Waals surface area (Å²) < 4.78 is 7.34. The Morgan fingerprint density at radius 3 is 2.64 bits per heavy atom. The number of aryl methyl sites for hydroxylation is 1. The van der Waals surface area contributed by atoms with E-state index >= 15 is 0 Å². The zero-order chi connectivity index (χ0) is 24.5. The number of aromatic nitrogens is 5. The Kier molecular flexibility index (Phi) is 6.52. The van der Waals surface area contributed by atoms with Crippen LogP contribution in [0.25, 0.3) is 22.5 Å². The average Bonchev–Trinajstić information content (AvgIpc) is 3.10. The van der Waals surface area contributed by atoms with E-state index < -0.39 is 0 Å². The van der Waals surface area contributed by atoms with Crippen molar-refractivity contribution in [2.75, 3.05) is 48.8 Å². The van der Waals surface area contributed by atoms with Crippen molar-refractivity contribution in [3.8, 4) is 22.5 Å². The van der Waals surface area contributed by atoms with E-state index in [9.17, 15) is 0 Å². The van der Waals surface area contributed by atoms with Crippen molar-refractivity contribution in [3.63, 3.8) is 0 Å². The van der Waals surface area contributed by atoms with Crippen molar-refractivity contribution >= 4 is 35.1 Å². The zero-order valence-corrected chi connectivity index (χ0v) is 21.5. The number of thioether (sulfide) groups is 1. The lowest BCUT2D eigenvalue weighted by Crippen LogP contribution is -2.37. The molecule has 1 N–H and O–H groups in total. The van der Waals surface area contributed by atoms with Gasteiger partial charge in [0.15, 0.2) is 0 Å². The molecule has 10 heteroatoms. The topological polar surface area (TPSA) is 81.0 Å². The highest BCUT2D eigenvalue weighted by molar-refractivity contribution is 7.99. The summed E-state index contributed by atoms with van der Waals surface area (Å²) in [5.41, 5.74) is 5.84. The highest BCUT2D eigenvalue weighted by atomic mass is 35.5. The van der Waals surface area contributed by atoms with Crippen LogP contribution in [0.4, 0.5) is 11.8 Å². The number of fused-ring (bicyclic) bond motifs is 1. The zero-order valence-electron chi connectivity index (χ0n) is 19.9. The molecule has 4 aromatic rings. The molecule has 1 atom stereocenters. The summed E-state index contributed by atoms with van der Waals surface area (Å²) in [6.07, 6.45) is 5.54. The first-order valence-electron chi connectivity index (χ1n) is 12.0. The molecule has 8 nitrogen and oxygen atoms in total. The third-order valence-electron chi connectivity index (χ3n) is 6.48. The number of nitrogens with one attached hydrogen (secondary N) is 1. The molecule has 6 rings (SSSR count). The van der Waals surface area contributed by atoms with Crippen LogP contribution in [0.15, 0.2) is 55.0 Å². The van der Waals surface area contributed by atoms with E-state index in [-0.39, 0.29) is 5.25 Å². The van der Waals surface area contributed by atoms with Crippen LogP contribution in [0.1, 0.15) is 16.4 Å². The third kappa shape index (κ3) is 4.42. The molecule has 0 amide bonds. The first-order chi connectivity index (χ1) is 17.7. The Labute approximate surface area is 219 Å². The van der Waals surface area contributed by atoms with Gasteiger partial charge in [-0.2, -0.15) is 5.10 Å². The molecule has 3 aromatic heterocycles. The lowest BCUT2D eigenvalue weighted by Gasteiger charge is -2.26. The first kappa shape index (κ1) is 23.3. The van der Waals surface area contributed by atoms with Crippen molar-refractivity contribution in [2.24, 2.45) is 7.05 Å². The maximum Gasteiger partial charge on any atom is 0.225 e. The van der Waals surface area contributed by atoms with E-state index in [0.29, 0.717) is 18.2 Å². The van der Waals surface area contributed by atoms with Gasteiger partial charge in [0.2, 0.25) is 5.95 Å². The molecular formula is C26H26ClN7OS. The van der Waals surface area contributed by atoms with Crippen LogP contribution >= 0.6 is 23.4 Å². The third-order valence-corrected chi connectivity index (χ3v) is 8.07. The molecule has 1 fully saturated rings. The minimum absolute atomic E-state index is 0.0298. The average molecular weight is 520 g/mol. The van der Waals surface area contributed by atoms with E-state index in [0.717, 1.165) is 70.8 Å². The molecule has 0 aliphatic carbocycles. The Morgan fingerprint density at radius 1 is 1.06 bits per heavy atom. The smallest absolute Gasteiger partial charge is 0.225 e. The summed E-state index contributed by atoms with van der Waals surface area (Å²) in [4.78, 5) is 15.9. The van der Waals surface area contributed by atoms with Crippen molar-refractivity contribution in [3.05, 3.63) is 71.1 Å². The molecule has 5 heterocycles. The summed E-state index contributed by atoms with van der Waals surface area (Å²) >= 11 is 8.82. The summed E-state index contributed by atoms with van der Waals surface area (Å²) in [6, 6.07) is 12.1. The van der Waals surface area contributed by atoms with Crippen molar-refractivity contribution < 1.29 is 4.74 Å². The number of ether oxygens (including phenoxy) is 1. The van der Waals surface area contributed by atoms with Gasteiger partial charge in [-0.3, -0.25) is 9.67 Å². The molecule has 1 aromatic carbocycles. The molecule has 0 spiro atoms. The highest BCUT2D eigenvalue weighted by Gasteiger charge is 2.30. The monoisotopic (exact) mass is 519 g/mol. The van der Waals surface area contributed by atoms with Crippen LogP contribution in [0, 0.1) is 0 Å². The molecule has 1 unspecified atom stereocenters. The van der Waals surface area contributed by atoms with Gasteiger partial charge in [-0.15, -0.1) is 11.8 Å². The van der Waals surface area contributed by atoms with Gasteiger partial charge < -0.3 is 15.0 Å². The van der Waals surface area contributed by atoms with Crippen molar-refractivity contribution in [1.29, 1.82) is 0 Å². The summed E-state index contributed by atoms with van der Waals surface area (Å²) in [7, 11) is 1.97. The summed E-state index contributed by atoms with van der Waals surface area (Å²) in [6.45, 7) is 3.89. The van der Waals surface area contributed by atoms with Crippen molar-refractivity contribution in [2.45, 2.75) is 5.25 Å². The second-order valence-electron chi connectivity index (χ2n) is 8.73. The van der Waals surface area contributed by atoms with Crippen LogP contribution in [-0.4, -0.2) is 63.3 Å². The Balaban J connectivity index is 1.34. The Hall–Kier alpha value is -3.14. The fourth-order valence-electron chi connectivity index (χ4n) is 4.68. The number of hydrogen-bond acceptors (Lipinski definition) is 8. The van der Waals surface area contributed by atoms with Gasteiger partial charge in [-0.1, -0.05) is 29.8 Å². The number of halogens is 1. The highest BCUT2D eigenvalue weighted by Crippen LogP contribution is 2.47. The molecular weight excluding hydrogens is 494 g/mol. The second kappa shape index (κ2) is 10.1. The number of rotatable bonds is 4. The van der Waals surface area contributed by atoms with Gasteiger partial charge in [-0.05, 0) is 29.3 Å². The normalized spacial score (nSPS) is 17.8. The molecule has 0 radical (unpaired) electrons. The lowest BCUT2D eigenvalue weighted by atomic mass is 9.99. The minimum atomic E-state index is 0.0298. The number of morpholine rings is 1. The van der Waals surface area contributed by atoms with Gasteiger partial charge in [0.1, 0.15) is 11.5 Å². The van der Waals surface area contributed by atoms with Crippen LogP contribution in [0.2, 0.25) is 5.02 Å². The number of anilines is 2. The van der Waals surface area contributed by atoms with Crippen LogP contribution in [0.3, 0.4) is 0 Å². The number of nitrogens with zero attached hydrogens (tertiary/aromatic N) is 6. The van der Waals surface area contributed by atoms with Crippen molar-refractivity contribution in [1.82, 2.24) is 24.7 Å². The Bertz CT molecular complexity index is 1360. The lowest BCUT2D eigenvalue weighted by molar-refractivity contribution is 0.122. The van der Waals surface area contributed by atoms with Crippen LogP contribution in [0.5, 0.6) is 0 Å². The maximum absolute atomic E-state index is 6.95. The van der Waals surface area contributed by atoms with Gasteiger partial charge >= 0.3 is 0 Å². The molecule has 2 aliphatic heterocycles. The number of pyridine rings is 1. The van der Waals surface area contributed by atoms with Gasteiger partial charge in [0.25, 0.3) is 0 Å². The van der Waals surface area contributed by atoms with E-state index in [1.165, 1.54) is 0 Å². The molecule has 0 saturated carbocycles. The molecule has 184 valence electrons. The molecule has 1 saturated heterocycles. The minimum Gasteiger partial charge on any atom is -0.378 e. The fourth-order valence-corrected chi connectivity index (χ4v) is 6.27. The van der Waals surface area contributed by atoms with E-state index in [1.807, 2.05) is 60.2 Å². The molecule has 36 heavy (non-hydrogen) atoms. The molecule has 2 aliphatic rings. The van der Waals surface area contributed by atoms with Gasteiger partial charge in [0, 0.05) is 67.2 Å². The number of benzene rings is 1. The van der Waals surface area contributed by atoms with E-state index in [1.54, 1.807) is 6.20 Å². The van der Waals surface area contributed by atoms with Crippen LogP contribution in [-0.2, 0) is 11.8 Å². The summed E-state index contributed by atoms with van der Waals surface area (Å²) in [5, 5.41) is 9.12. The largest absolute Gasteiger partial charge is 0.378 e. The maximum atomic E-state index is 6.95. The Morgan fingerprint density at radius 2 is 1.89 bits per heavy atom. The fraction of sp³-hybridized carbons (Fsp3) is 0.308. The standard InChI is InChI=1S/C26H26ClN7OS/c1-33-25-22(23(32-33)21-4-2-3-7-28-21)24(36-13-8-29-25)19-6-5-17(14-20(19)27)18-15-30-26(31-16-18)34-9-11-35-12-10-34/h2-7,14-16,24,29H,8-13H2,1H3. The summed E-state index contributed by atoms with van der Waals surface area (Å²) in [5.74, 6) is 2.70. The van der Waals surface area contributed by atoms with Gasteiger partial charge in [0.05, 0.1) is 24.2 Å². The SMILES string of the molecule is Cn1nc(-c2ccccn2)c2c1NCCSC2c1ccc(-c2cnc(N3CCOCC3)nc2)cc1Cl. The van der Waals surface area contributed by atoms with Crippen LogP contribution < -0.4 is 10.2 Å². The first-order valence-corrected chi connectivity index (χ1v) is 13.4. The second-order valence-corrected chi connectivity index (χ2v) is 10.4.